The second kappa shape index (κ2) is 17.6. The number of carbonyl (C=O) groups is 1. The number of rotatable bonds is 12. The molecular weight excluding hydrogens is 787 g/mol. The highest BCUT2D eigenvalue weighted by Gasteiger charge is 2.56. The lowest BCUT2D eigenvalue weighted by Crippen LogP contribution is -2.37. The van der Waals surface area contributed by atoms with Crippen molar-refractivity contribution in [2.75, 3.05) is 31.3 Å². The third kappa shape index (κ3) is 8.34. The smallest absolute Gasteiger partial charge is 0.459 e. The maximum Gasteiger partial charge on any atom is 0.459 e. The molecular formula is C36H48F2N9O10P. The minimum absolute atomic E-state index is 0. The molecule has 0 saturated carbocycles. The number of nitrogen functional groups attached to an aromatic ring is 2. The van der Waals surface area contributed by atoms with Crippen LogP contribution >= 0.6 is 7.75 Å². The topological polar surface area (TPSA) is 265 Å². The lowest BCUT2D eigenvalue weighted by Gasteiger charge is -2.27. The highest BCUT2D eigenvalue weighted by molar-refractivity contribution is 7.52. The predicted molar refractivity (Wildman–Crippen MR) is 205 cm³/mol. The second-order valence-corrected chi connectivity index (χ2v) is 15.3. The molecule has 58 heavy (non-hydrogen) atoms. The van der Waals surface area contributed by atoms with Gasteiger partial charge in [-0.25, -0.2) is 32.3 Å². The first kappa shape index (κ1) is 44.2. The summed E-state index contributed by atoms with van der Waals surface area (Å²) in [7, 11) is -4.23. The first-order chi connectivity index (χ1) is 27.1. The quantitative estimate of drug-likeness (QED) is 0.0779. The fraction of sp³-hybridized carbons (Fsp3) is 0.472. The number of carbonyl (C=O) groups excluding carboxylic acids is 1. The maximum absolute atomic E-state index is 15.5. The number of hydrogen-bond donors (Lipinski definition) is 6. The normalized spacial score (nSPS) is 28.3. The van der Waals surface area contributed by atoms with Gasteiger partial charge >= 0.3 is 13.7 Å². The van der Waals surface area contributed by atoms with E-state index in [-0.39, 0.29) is 31.4 Å². The lowest BCUT2D eigenvalue weighted by molar-refractivity contribution is -0.144. The van der Waals surface area contributed by atoms with E-state index in [0.29, 0.717) is 22.4 Å². The Hall–Kier alpha value is -4.86. The number of hydrogen-bond acceptors (Lipinski definition) is 16. The summed E-state index contributed by atoms with van der Waals surface area (Å²) in [4.78, 5) is 19.9. The van der Waals surface area contributed by atoms with Gasteiger partial charge in [-0.1, -0.05) is 25.6 Å². The highest BCUT2D eigenvalue weighted by Crippen LogP contribution is 2.48. The van der Waals surface area contributed by atoms with Crippen molar-refractivity contribution >= 4 is 36.4 Å². The van der Waals surface area contributed by atoms with Gasteiger partial charge in [0.2, 0.25) is 0 Å². The number of nitrogens with one attached hydrogen (secondary N) is 1. The van der Waals surface area contributed by atoms with Gasteiger partial charge in [0, 0.05) is 0 Å². The zero-order chi connectivity index (χ0) is 41.3. The molecule has 5 aromatic rings. The third-order valence-electron chi connectivity index (χ3n) is 9.74. The Morgan fingerprint density at radius 3 is 1.90 bits per heavy atom. The van der Waals surface area contributed by atoms with Crippen molar-refractivity contribution in [1.29, 1.82) is 0 Å². The molecule has 2 saturated heterocycles. The average Bonchev–Trinajstić information content (AvgIpc) is 3.94. The van der Waals surface area contributed by atoms with Gasteiger partial charge in [0.15, 0.2) is 24.0 Å². The van der Waals surface area contributed by atoms with Crippen molar-refractivity contribution in [1.82, 2.24) is 34.3 Å². The summed E-state index contributed by atoms with van der Waals surface area (Å²) in [5.41, 5.74) is 10.2. The molecule has 19 nitrogen and oxygen atoms in total. The van der Waals surface area contributed by atoms with Crippen LogP contribution in [0.2, 0.25) is 0 Å². The van der Waals surface area contributed by atoms with Crippen LogP contribution in [0.15, 0.2) is 67.3 Å². The summed E-state index contributed by atoms with van der Waals surface area (Å²) in [5, 5.41) is 40.3. The molecule has 0 amide bonds. The van der Waals surface area contributed by atoms with E-state index in [0.717, 1.165) is 0 Å². The molecule has 0 bridgehead atoms. The Balaban J connectivity index is 0.000000257. The van der Waals surface area contributed by atoms with Crippen molar-refractivity contribution in [3.63, 3.8) is 0 Å². The number of nitrogens with zero attached hydrogens (tertiary/aromatic N) is 6. The Kier molecular flexibility index (Phi) is 13.4. The molecule has 8 N–H and O–H groups in total. The summed E-state index contributed by atoms with van der Waals surface area (Å²) < 4.78 is 73.9. The van der Waals surface area contributed by atoms with Gasteiger partial charge in [-0.2, -0.15) is 15.3 Å². The van der Waals surface area contributed by atoms with Crippen molar-refractivity contribution < 1.29 is 56.7 Å². The number of aliphatic hydroxyl groups excluding tert-OH is 3. The molecule has 6 heterocycles. The van der Waals surface area contributed by atoms with Crippen LogP contribution in [0.3, 0.4) is 0 Å². The number of aliphatic hydroxyl groups is 3. The maximum atomic E-state index is 15.5. The summed E-state index contributed by atoms with van der Waals surface area (Å²) in [5.74, 6) is -0.00711. The van der Waals surface area contributed by atoms with Crippen molar-refractivity contribution in [2.45, 2.75) is 89.1 Å². The summed E-state index contributed by atoms with van der Waals surface area (Å²) in [6.07, 6.45) is -6.33. The van der Waals surface area contributed by atoms with E-state index in [1.807, 2.05) is 0 Å². The lowest BCUT2D eigenvalue weighted by atomic mass is 9.94. The average molecular weight is 836 g/mol. The van der Waals surface area contributed by atoms with Gasteiger partial charge in [-0.3, -0.25) is 9.32 Å². The van der Waals surface area contributed by atoms with E-state index in [1.165, 1.54) is 42.5 Å². The van der Waals surface area contributed by atoms with Crippen LogP contribution in [0.5, 0.6) is 5.75 Å². The Morgan fingerprint density at radius 2 is 1.41 bits per heavy atom. The van der Waals surface area contributed by atoms with Crippen LogP contribution < -0.4 is 21.1 Å². The van der Waals surface area contributed by atoms with Crippen LogP contribution in [-0.4, -0.2) is 113 Å². The largest absolute Gasteiger partial charge is 0.465 e. The zero-order valence-corrected chi connectivity index (χ0v) is 32.1. The van der Waals surface area contributed by atoms with E-state index < -0.39 is 80.9 Å². The Morgan fingerprint density at radius 1 is 0.914 bits per heavy atom. The first-order valence-electron chi connectivity index (χ1n) is 17.8. The van der Waals surface area contributed by atoms with E-state index in [2.05, 4.69) is 25.3 Å². The van der Waals surface area contributed by atoms with Crippen molar-refractivity contribution in [2.24, 2.45) is 0 Å². The molecule has 2 aliphatic heterocycles. The number of ether oxygens (including phenoxy) is 3. The standard InChI is InChI=1S/C23H29FN5O7P.C12H15FN4O3.CH4/c1-4-33-22(31)14(2)28-37(32,36-15-8-6-5-7-9-15)34-12-17-19(30)20(24)23(3,35-17)18-11-10-16-21(25)26-13-27-29(16)18;1-12(10(13)9(19)7(4-18)20-12)8-3-2-6-11(14)15-5-16-17(6)8;/h5-11,13-14,17,19-20,30H,4,12H2,1-3H3,(H,28,32)(H2,25,26,27);2-3,5,7,9-10,18-19H,4H2,1H3,(H2,14,15,16);1H4/t14-,17-,19-,20-,23+,37?;7-,9-,10-,12+;/m11./s1. The second-order valence-electron chi connectivity index (χ2n) is 13.6. The number of aromatic nitrogens is 6. The molecule has 10 atom stereocenters. The predicted octanol–water partition coefficient (Wildman–Crippen LogP) is 2.62. The molecule has 22 heteroatoms. The number of benzene rings is 1. The number of para-hydroxylation sites is 1. The number of anilines is 2. The zero-order valence-electron chi connectivity index (χ0n) is 31.3. The first-order valence-corrected chi connectivity index (χ1v) is 19.3. The third-order valence-corrected chi connectivity index (χ3v) is 11.4. The fourth-order valence-electron chi connectivity index (χ4n) is 6.70. The summed E-state index contributed by atoms with van der Waals surface area (Å²) >= 11 is 0. The van der Waals surface area contributed by atoms with E-state index in [4.69, 9.17) is 39.8 Å². The molecule has 0 spiro atoms. The minimum atomic E-state index is -4.23. The minimum Gasteiger partial charge on any atom is -0.465 e. The number of esters is 1. The molecule has 1 unspecified atom stereocenters. The SMILES string of the molecule is C.CCOC(=O)[C@@H](C)NP(=O)(OC[C@H]1O[C@@](C)(c2ccc3c(N)ncnn23)[C@H](F)[C@@H]1O)Oc1ccccc1.C[C@@]1(c2ccc3c(N)ncnn23)O[C@H](CO)[C@@H](O)[C@H]1F. The molecule has 2 aliphatic rings. The van der Waals surface area contributed by atoms with Gasteiger partial charge < -0.3 is 45.5 Å². The summed E-state index contributed by atoms with van der Waals surface area (Å²) in [6.45, 7) is 5.18. The molecule has 1 aromatic carbocycles. The van der Waals surface area contributed by atoms with Crippen LogP contribution in [0.25, 0.3) is 11.0 Å². The fourth-order valence-corrected chi connectivity index (χ4v) is 8.21. The molecule has 4 aromatic heterocycles. The van der Waals surface area contributed by atoms with Gasteiger partial charge in [0.1, 0.15) is 71.1 Å². The van der Waals surface area contributed by atoms with E-state index >= 15 is 4.39 Å². The van der Waals surface area contributed by atoms with Crippen LogP contribution in [0.1, 0.15) is 46.5 Å². The monoisotopic (exact) mass is 835 g/mol. The Labute approximate surface area is 331 Å². The van der Waals surface area contributed by atoms with Crippen LogP contribution in [-0.2, 0) is 39.3 Å². The van der Waals surface area contributed by atoms with Crippen molar-refractivity contribution in [3.8, 4) is 5.75 Å². The van der Waals surface area contributed by atoms with E-state index in [9.17, 15) is 24.0 Å². The highest BCUT2D eigenvalue weighted by atomic mass is 31.2. The number of halogens is 2. The molecule has 7 rings (SSSR count). The van der Waals surface area contributed by atoms with Gasteiger partial charge in [-0.05, 0) is 64.1 Å². The number of alkyl halides is 2. The van der Waals surface area contributed by atoms with E-state index in [1.54, 1.807) is 61.5 Å². The number of nitrogens with two attached hydrogens (primary N) is 2. The Bertz CT molecular complexity index is 2240. The van der Waals surface area contributed by atoms with Crippen LogP contribution in [0, 0.1) is 0 Å². The number of fused-ring (bicyclic) bond motifs is 2. The molecule has 316 valence electrons. The molecule has 0 radical (unpaired) electrons. The van der Waals surface area contributed by atoms with Gasteiger partial charge in [0.25, 0.3) is 0 Å². The van der Waals surface area contributed by atoms with Crippen molar-refractivity contribution in [3.05, 3.63) is 78.6 Å². The van der Waals surface area contributed by atoms with Gasteiger partial charge in [0.05, 0.1) is 31.2 Å². The van der Waals surface area contributed by atoms with Gasteiger partial charge in [-0.15, -0.1) is 0 Å². The molecule has 2 fully saturated rings. The van der Waals surface area contributed by atoms with Crippen LogP contribution in [0.4, 0.5) is 20.4 Å². The molecule has 0 aliphatic carbocycles. The summed E-state index contributed by atoms with van der Waals surface area (Å²) in [6, 6.07) is 13.6.